The van der Waals surface area contributed by atoms with E-state index in [1.807, 2.05) is 27.1 Å². The molecule has 0 aromatic carbocycles. The molecule has 0 amide bonds. The lowest BCUT2D eigenvalue weighted by atomic mass is 10.2. The Morgan fingerprint density at radius 1 is 1.40 bits per heavy atom. The van der Waals surface area contributed by atoms with Gasteiger partial charge in [0.1, 0.15) is 5.82 Å². The Morgan fingerprint density at radius 3 is 2.70 bits per heavy atom. The number of aryl methyl sites for hydroxylation is 2. The van der Waals surface area contributed by atoms with Crippen LogP contribution in [0.3, 0.4) is 0 Å². The molecule has 0 aliphatic rings. The van der Waals surface area contributed by atoms with E-state index in [4.69, 9.17) is 4.74 Å². The summed E-state index contributed by atoms with van der Waals surface area (Å²) in [5, 5.41) is 7.61. The highest BCUT2D eigenvalue weighted by atomic mass is 127. The minimum atomic E-state index is 0.464. The number of nitrogens with zero attached hydrogens (tertiary/aromatic N) is 4. The first-order valence-electron chi connectivity index (χ1n) is 6.36. The minimum Gasteiger partial charge on any atom is -0.378 e. The number of halogens is 1. The average molecular weight is 387 g/mol. The summed E-state index contributed by atoms with van der Waals surface area (Å²) in [5.41, 5.74) is 2.75. The van der Waals surface area contributed by atoms with Crippen LogP contribution in [0.25, 0.3) is 11.4 Å². The third-order valence-electron chi connectivity index (χ3n) is 2.80. The monoisotopic (exact) mass is 387 g/mol. The van der Waals surface area contributed by atoms with Crippen LogP contribution in [-0.4, -0.2) is 33.4 Å². The predicted molar refractivity (Wildman–Crippen MR) is 86.6 cm³/mol. The molecule has 1 N–H and O–H groups in total. The lowest BCUT2D eigenvalue weighted by Gasteiger charge is -2.11. The van der Waals surface area contributed by atoms with Crippen molar-refractivity contribution in [3.05, 3.63) is 21.2 Å². The number of aromatic nitrogens is 4. The summed E-state index contributed by atoms with van der Waals surface area (Å²) < 4.78 is 7.99. The number of hydrogen-bond acceptors (Lipinski definition) is 5. The second-order valence-corrected chi connectivity index (χ2v) is 5.50. The summed E-state index contributed by atoms with van der Waals surface area (Å²) in [7, 11) is 3.56. The Kier molecular flexibility index (Phi) is 4.92. The zero-order valence-corrected chi connectivity index (χ0v) is 14.2. The molecule has 0 saturated heterocycles. The van der Waals surface area contributed by atoms with Crippen LogP contribution < -0.4 is 5.32 Å². The molecule has 0 atom stereocenters. The molecule has 2 rings (SSSR count). The molecule has 6 nitrogen and oxygen atoms in total. The predicted octanol–water partition coefficient (Wildman–Crippen LogP) is 2.37. The summed E-state index contributed by atoms with van der Waals surface area (Å²) in [5.74, 6) is 1.52. The molecule has 2 aromatic rings. The maximum Gasteiger partial charge on any atom is 0.165 e. The fourth-order valence-electron chi connectivity index (χ4n) is 1.95. The zero-order chi connectivity index (χ0) is 14.7. The van der Waals surface area contributed by atoms with Crippen molar-refractivity contribution in [1.29, 1.82) is 0 Å². The first kappa shape index (κ1) is 15.2. The van der Waals surface area contributed by atoms with Crippen molar-refractivity contribution < 1.29 is 4.74 Å². The van der Waals surface area contributed by atoms with Crippen molar-refractivity contribution in [2.45, 2.75) is 20.5 Å². The largest absolute Gasteiger partial charge is 0.378 e. The number of hydrogen-bond donors (Lipinski definition) is 1. The molecule has 0 spiro atoms. The molecule has 0 radical (unpaired) electrons. The Bertz CT molecular complexity index is 584. The van der Waals surface area contributed by atoms with Crippen LogP contribution in [0.2, 0.25) is 0 Å². The van der Waals surface area contributed by atoms with Crippen molar-refractivity contribution in [3.8, 4) is 11.4 Å². The second kappa shape index (κ2) is 6.49. The average Bonchev–Trinajstić information content (AvgIpc) is 2.74. The minimum absolute atomic E-state index is 0.464. The molecular weight excluding hydrogens is 369 g/mol. The lowest BCUT2D eigenvalue weighted by molar-refractivity contribution is 0.181. The molecule has 0 fully saturated rings. The lowest BCUT2D eigenvalue weighted by Crippen LogP contribution is -2.08. The van der Waals surface area contributed by atoms with E-state index in [0.717, 1.165) is 32.9 Å². The SMILES string of the molecule is CCNc1nc(-c2cn(C)nc2C)nc(COC)c1I. The Morgan fingerprint density at radius 2 is 2.15 bits per heavy atom. The van der Waals surface area contributed by atoms with Crippen LogP contribution in [0.4, 0.5) is 5.82 Å². The van der Waals surface area contributed by atoms with Gasteiger partial charge in [0.2, 0.25) is 0 Å². The molecule has 7 heteroatoms. The first-order valence-corrected chi connectivity index (χ1v) is 7.44. The molecule has 2 aromatic heterocycles. The number of rotatable bonds is 5. The fourth-order valence-corrected chi connectivity index (χ4v) is 2.54. The van der Waals surface area contributed by atoms with Gasteiger partial charge in [0, 0.05) is 26.9 Å². The quantitative estimate of drug-likeness (QED) is 0.799. The van der Waals surface area contributed by atoms with Crippen molar-refractivity contribution >= 4 is 28.4 Å². The third-order valence-corrected chi connectivity index (χ3v) is 3.93. The number of nitrogens with one attached hydrogen (secondary N) is 1. The highest BCUT2D eigenvalue weighted by Crippen LogP contribution is 2.25. The molecular formula is C13H18IN5O. The van der Waals surface area contributed by atoms with Gasteiger partial charge in [-0.05, 0) is 36.4 Å². The van der Waals surface area contributed by atoms with Gasteiger partial charge in [-0.15, -0.1) is 0 Å². The highest BCUT2D eigenvalue weighted by Gasteiger charge is 2.15. The molecule has 2 heterocycles. The zero-order valence-electron chi connectivity index (χ0n) is 12.1. The van der Waals surface area contributed by atoms with Gasteiger partial charge in [0.05, 0.1) is 27.1 Å². The van der Waals surface area contributed by atoms with E-state index in [2.05, 4.69) is 43.0 Å². The van der Waals surface area contributed by atoms with Gasteiger partial charge in [-0.3, -0.25) is 4.68 Å². The van der Waals surface area contributed by atoms with Crippen LogP contribution in [0.1, 0.15) is 18.3 Å². The molecule has 0 aliphatic heterocycles. The highest BCUT2D eigenvalue weighted by molar-refractivity contribution is 14.1. The van der Waals surface area contributed by atoms with Gasteiger partial charge < -0.3 is 10.1 Å². The smallest absolute Gasteiger partial charge is 0.165 e. The van der Waals surface area contributed by atoms with Crippen molar-refractivity contribution in [2.75, 3.05) is 19.0 Å². The maximum absolute atomic E-state index is 5.22. The van der Waals surface area contributed by atoms with Gasteiger partial charge in [-0.2, -0.15) is 5.10 Å². The van der Waals surface area contributed by atoms with Crippen LogP contribution in [0.5, 0.6) is 0 Å². The van der Waals surface area contributed by atoms with E-state index in [1.165, 1.54) is 0 Å². The molecule has 108 valence electrons. The Balaban J connectivity index is 2.55. The van der Waals surface area contributed by atoms with Gasteiger partial charge in [0.25, 0.3) is 0 Å². The number of methoxy groups -OCH3 is 1. The van der Waals surface area contributed by atoms with Gasteiger partial charge >= 0.3 is 0 Å². The molecule has 0 bridgehead atoms. The topological polar surface area (TPSA) is 64.9 Å². The summed E-state index contributed by atoms with van der Waals surface area (Å²) in [6.45, 7) is 5.28. The molecule has 20 heavy (non-hydrogen) atoms. The first-order chi connectivity index (χ1) is 9.56. The van der Waals surface area contributed by atoms with Crippen molar-refractivity contribution in [1.82, 2.24) is 19.7 Å². The van der Waals surface area contributed by atoms with E-state index < -0.39 is 0 Å². The van der Waals surface area contributed by atoms with E-state index in [9.17, 15) is 0 Å². The summed E-state index contributed by atoms with van der Waals surface area (Å²) in [6.07, 6.45) is 1.93. The molecule has 0 saturated carbocycles. The number of ether oxygens (including phenoxy) is 1. The Labute approximate surface area is 132 Å². The van der Waals surface area contributed by atoms with Gasteiger partial charge in [-0.25, -0.2) is 9.97 Å². The third kappa shape index (κ3) is 3.09. The van der Waals surface area contributed by atoms with Crippen LogP contribution >= 0.6 is 22.6 Å². The van der Waals surface area contributed by atoms with Gasteiger partial charge in [-0.1, -0.05) is 0 Å². The van der Waals surface area contributed by atoms with E-state index in [-0.39, 0.29) is 0 Å². The van der Waals surface area contributed by atoms with E-state index >= 15 is 0 Å². The Hall–Kier alpha value is -1.22. The van der Waals surface area contributed by atoms with Crippen LogP contribution in [-0.2, 0) is 18.4 Å². The van der Waals surface area contributed by atoms with E-state index in [1.54, 1.807) is 11.8 Å². The molecule has 0 unspecified atom stereocenters. The maximum atomic E-state index is 5.22. The van der Waals surface area contributed by atoms with Crippen LogP contribution in [0, 0.1) is 10.5 Å². The standard InChI is InChI=1S/C13H18IN5O/c1-5-15-13-11(14)10(7-20-4)16-12(17-13)9-6-19(3)18-8(9)2/h6H,5,7H2,1-4H3,(H,15,16,17). The van der Waals surface area contributed by atoms with Crippen LogP contribution in [0.15, 0.2) is 6.20 Å². The van der Waals surface area contributed by atoms with Crippen molar-refractivity contribution in [2.24, 2.45) is 7.05 Å². The second-order valence-electron chi connectivity index (χ2n) is 4.42. The van der Waals surface area contributed by atoms with Gasteiger partial charge in [0.15, 0.2) is 5.82 Å². The fraction of sp³-hybridized carbons (Fsp3) is 0.462. The summed E-state index contributed by atoms with van der Waals surface area (Å²) >= 11 is 2.25. The van der Waals surface area contributed by atoms with E-state index in [0.29, 0.717) is 12.4 Å². The summed E-state index contributed by atoms with van der Waals surface area (Å²) in [4.78, 5) is 9.22. The summed E-state index contributed by atoms with van der Waals surface area (Å²) in [6, 6.07) is 0. The molecule has 0 aliphatic carbocycles. The normalized spacial score (nSPS) is 10.8. The van der Waals surface area contributed by atoms with Crippen molar-refractivity contribution in [3.63, 3.8) is 0 Å². The number of anilines is 1.